The van der Waals surface area contributed by atoms with Gasteiger partial charge in [0.25, 0.3) is 0 Å². The number of benzene rings is 1. The number of phenolic OH excluding ortho intramolecular Hbond substituents is 1. The molecule has 5 N–H and O–H groups in total. The van der Waals surface area contributed by atoms with Gasteiger partial charge in [-0.05, 0) is 24.5 Å². The Morgan fingerprint density at radius 3 is 2.60 bits per heavy atom. The highest BCUT2D eigenvalue weighted by Gasteiger charge is 2.17. The van der Waals surface area contributed by atoms with E-state index in [4.69, 9.17) is 5.73 Å². The maximum Gasteiger partial charge on any atom is 0.243 e. The molecule has 1 atom stereocenters. The van der Waals surface area contributed by atoms with Crippen molar-refractivity contribution in [2.75, 3.05) is 11.9 Å². The van der Waals surface area contributed by atoms with Crippen molar-refractivity contribution in [3.8, 4) is 5.75 Å². The number of rotatable bonds is 5. The van der Waals surface area contributed by atoms with E-state index in [1.54, 1.807) is 25.1 Å². The maximum absolute atomic E-state index is 11.7. The molecule has 0 aromatic heterocycles. The largest absolute Gasteiger partial charge is 0.505 e. The quantitative estimate of drug-likeness (QED) is 0.597. The van der Waals surface area contributed by atoms with Crippen molar-refractivity contribution in [3.05, 3.63) is 23.8 Å². The number of anilines is 1. The van der Waals surface area contributed by atoms with E-state index in [0.29, 0.717) is 11.3 Å². The number of nitrogens with two attached hydrogens (primary N) is 1. The van der Waals surface area contributed by atoms with Crippen LogP contribution in [0, 0.1) is 12.8 Å². The van der Waals surface area contributed by atoms with Gasteiger partial charge < -0.3 is 21.5 Å². The number of hydrogen-bond donors (Lipinski definition) is 4. The highest BCUT2D eigenvalue weighted by Crippen LogP contribution is 2.26. The van der Waals surface area contributed by atoms with Crippen molar-refractivity contribution in [2.45, 2.75) is 26.8 Å². The molecular weight excluding hydrogens is 258 g/mol. The molecule has 1 aromatic rings. The van der Waals surface area contributed by atoms with Gasteiger partial charge >= 0.3 is 0 Å². The number of para-hydroxylation sites is 1. The third-order valence-corrected chi connectivity index (χ3v) is 2.96. The Morgan fingerprint density at radius 2 is 2.00 bits per heavy atom. The van der Waals surface area contributed by atoms with E-state index >= 15 is 0 Å². The molecule has 0 aliphatic carbocycles. The Kier molecular flexibility index (Phi) is 5.52. The van der Waals surface area contributed by atoms with E-state index in [-0.39, 0.29) is 24.1 Å². The first-order valence-corrected chi connectivity index (χ1v) is 6.44. The molecule has 0 spiro atoms. The molecule has 1 aromatic carbocycles. The van der Waals surface area contributed by atoms with Crippen LogP contribution in [0.15, 0.2) is 18.2 Å². The summed E-state index contributed by atoms with van der Waals surface area (Å²) in [6.45, 7) is 5.20. The molecule has 0 fully saturated rings. The van der Waals surface area contributed by atoms with Gasteiger partial charge in [0, 0.05) is 0 Å². The van der Waals surface area contributed by atoms with Crippen LogP contribution in [-0.4, -0.2) is 29.5 Å². The molecule has 1 rings (SSSR count). The standard InChI is InChI=1S/C14H21N3O3/c1-8(2)12(15)14(20)16-7-11(18)17-10-6-4-5-9(3)13(10)19/h4-6,8,12,19H,7,15H2,1-3H3,(H,16,20)(H,17,18)/t12-/m0/s1. The van der Waals surface area contributed by atoms with Crippen LogP contribution in [0.25, 0.3) is 0 Å². The summed E-state index contributed by atoms with van der Waals surface area (Å²) in [4.78, 5) is 23.3. The van der Waals surface area contributed by atoms with Crippen molar-refractivity contribution < 1.29 is 14.7 Å². The highest BCUT2D eigenvalue weighted by molar-refractivity contribution is 5.96. The fraction of sp³-hybridized carbons (Fsp3) is 0.429. The second kappa shape index (κ2) is 6.91. The van der Waals surface area contributed by atoms with E-state index in [1.165, 1.54) is 0 Å². The topological polar surface area (TPSA) is 104 Å². The van der Waals surface area contributed by atoms with E-state index in [0.717, 1.165) is 0 Å². The number of aromatic hydroxyl groups is 1. The fourth-order valence-electron chi connectivity index (χ4n) is 1.54. The molecule has 6 nitrogen and oxygen atoms in total. The van der Waals surface area contributed by atoms with Crippen LogP contribution in [0.4, 0.5) is 5.69 Å². The number of hydrogen-bond acceptors (Lipinski definition) is 4. The molecule has 20 heavy (non-hydrogen) atoms. The van der Waals surface area contributed by atoms with Gasteiger partial charge in [0.15, 0.2) is 0 Å². The van der Waals surface area contributed by atoms with E-state index < -0.39 is 11.9 Å². The summed E-state index contributed by atoms with van der Waals surface area (Å²) in [6.07, 6.45) is 0. The second-order valence-electron chi connectivity index (χ2n) is 5.01. The first-order chi connectivity index (χ1) is 9.32. The molecule has 6 heteroatoms. The number of nitrogens with one attached hydrogen (secondary N) is 2. The molecule has 0 aliphatic heterocycles. The summed E-state index contributed by atoms with van der Waals surface area (Å²) >= 11 is 0. The van der Waals surface area contributed by atoms with E-state index in [9.17, 15) is 14.7 Å². The Balaban J connectivity index is 2.53. The summed E-state index contributed by atoms with van der Waals surface area (Å²) in [5.41, 5.74) is 6.64. The Hall–Kier alpha value is -2.08. The predicted molar refractivity (Wildman–Crippen MR) is 77.3 cm³/mol. The predicted octanol–water partition coefficient (Wildman–Crippen LogP) is 0.739. The van der Waals surface area contributed by atoms with E-state index in [2.05, 4.69) is 10.6 Å². The molecule has 110 valence electrons. The van der Waals surface area contributed by atoms with Gasteiger partial charge in [-0.1, -0.05) is 26.0 Å². The van der Waals surface area contributed by atoms with Crippen molar-refractivity contribution in [2.24, 2.45) is 11.7 Å². The second-order valence-corrected chi connectivity index (χ2v) is 5.01. The number of carbonyl (C=O) groups is 2. The molecule has 0 unspecified atom stereocenters. The van der Waals surface area contributed by atoms with Crippen molar-refractivity contribution >= 4 is 17.5 Å². The SMILES string of the molecule is Cc1cccc(NC(=O)CNC(=O)[C@@H](N)C(C)C)c1O. The number of phenols is 1. The summed E-state index contributed by atoms with van der Waals surface area (Å²) in [7, 11) is 0. The lowest BCUT2D eigenvalue weighted by molar-refractivity contribution is -0.125. The summed E-state index contributed by atoms with van der Waals surface area (Å²) in [5.74, 6) is -0.774. The maximum atomic E-state index is 11.7. The van der Waals surface area contributed by atoms with Crippen LogP contribution in [0.5, 0.6) is 5.75 Å². The zero-order valence-electron chi connectivity index (χ0n) is 11.9. The monoisotopic (exact) mass is 279 g/mol. The smallest absolute Gasteiger partial charge is 0.243 e. The van der Waals surface area contributed by atoms with Crippen molar-refractivity contribution in [1.29, 1.82) is 0 Å². The number of carbonyl (C=O) groups excluding carboxylic acids is 2. The lowest BCUT2D eigenvalue weighted by atomic mass is 10.1. The van der Waals surface area contributed by atoms with Gasteiger partial charge in [0.2, 0.25) is 11.8 Å². The Morgan fingerprint density at radius 1 is 1.35 bits per heavy atom. The number of aryl methyl sites for hydroxylation is 1. The number of amides is 2. The minimum Gasteiger partial charge on any atom is -0.505 e. The van der Waals surface area contributed by atoms with Gasteiger partial charge in [-0.3, -0.25) is 9.59 Å². The van der Waals surface area contributed by atoms with Crippen LogP contribution < -0.4 is 16.4 Å². The summed E-state index contributed by atoms with van der Waals surface area (Å²) in [6, 6.07) is 4.39. The van der Waals surface area contributed by atoms with Gasteiger partial charge in [0.1, 0.15) is 5.75 Å². The van der Waals surface area contributed by atoms with Gasteiger partial charge in [-0.15, -0.1) is 0 Å². The van der Waals surface area contributed by atoms with Crippen molar-refractivity contribution in [1.82, 2.24) is 5.32 Å². The Bertz CT molecular complexity index is 500. The Labute approximate surface area is 118 Å². The zero-order valence-corrected chi connectivity index (χ0v) is 11.9. The lowest BCUT2D eigenvalue weighted by Gasteiger charge is -2.15. The first kappa shape index (κ1) is 16.0. The van der Waals surface area contributed by atoms with Gasteiger partial charge in [0.05, 0.1) is 18.3 Å². The highest BCUT2D eigenvalue weighted by atomic mass is 16.3. The zero-order chi connectivity index (χ0) is 15.3. The summed E-state index contributed by atoms with van der Waals surface area (Å²) < 4.78 is 0. The lowest BCUT2D eigenvalue weighted by Crippen LogP contribution is -2.46. The minimum atomic E-state index is -0.643. The minimum absolute atomic E-state index is 0.00104. The van der Waals surface area contributed by atoms with Crippen LogP contribution in [-0.2, 0) is 9.59 Å². The molecule has 2 amide bonds. The fourth-order valence-corrected chi connectivity index (χ4v) is 1.54. The molecule has 0 aliphatic rings. The van der Waals surface area contributed by atoms with Crippen molar-refractivity contribution in [3.63, 3.8) is 0 Å². The molecule has 0 bridgehead atoms. The molecule has 0 radical (unpaired) electrons. The molecule has 0 heterocycles. The van der Waals surface area contributed by atoms with Crippen LogP contribution in [0.2, 0.25) is 0 Å². The summed E-state index contributed by atoms with van der Waals surface area (Å²) in [5, 5.41) is 14.8. The average Bonchev–Trinajstić information content (AvgIpc) is 2.40. The first-order valence-electron chi connectivity index (χ1n) is 6.44. The van der Waals surface area contributed by atoms with Crippen LogP contribution in [0.1, 0.15) is 19.4 Å². The van der Waals surface area contributed by atoms with Gasteiger partial charge in [-0.25, -0.2) is 0 Å². The average molecular weight is 279 g/mol. The van der Waals surface area contributed by atoms with Gasteiger partial charge in [-0.2, -0.15) is 0 Å². The van der Waals surface area contributed by atoms with E-state index in [1.807, 2.05) is 13.8 Å². The molecular formula is C14H21N3O3. The molecule has 0 saturated heterocycles. The third kappa shape index (κ3) is 4.24. The van der Waals surface area contributed by atoms with Crippen LogP contribution in [0.3, 0.4) is 0 Å². The molecule has 0 saturated carbocycles. The normalized spacial score (nSPS) is 12.1. The van der Waals surface area contributed by atoms with Crippen LogP contribution >= 0.6 is 0 Å². The third-order valence-electron chi connectivity index (χ3n) is 2.96.